The second-order valence-corrected chi connectivity index (χ2v) is 9.33. The molecule has 0 saturated heterocycles. The molecule has 28 heavy (non-hydrogen) atoms. The predicted octanol–water partition coefficient (Wildman–Crippen LogP) is 4.90. The van der Waals surface area contributed by atoms with Gasteiger partial charge in [-0.1, -0.05) is 0 Å². The molecule has 3 aromatic rings. The molecule has 8 heteroatoms. The van der Waals surface area contributed by atoms with E-state index in [-0.39, 0.29) is 5.91 Å². The van der Waals surface area contributed by atoms with E-state index in [2.05, 4.69) is 10.3 Å². The molecule has 1 aliphatic carbocycles. The number of anilines is 1. The number of nitrogens with one attached hydrogen (secondary N) is 1. The van der Waals surface area contributed by atoms with Crippen molar-refractivity contribution < 1.29 is 14.3 Å². The molecule has 146 valence electrons. The van der Waals surface area contributed by atoms with Crippen LogP contribution in [0.1, 0.15) is 66.3 Å². The van der Waals surface area contributed by atoms with Gasteiger partial charge in [0, 0.05) is 16.2 Å². The number of hydrogen-bond donors (Lipinski definition) is 1. The third-order valence-corrected chi connectivity index (χ3v) is 7.45. The molecule has 0 aromatic carbocycles. The maximum atomic E-state index is 13.0. The Morgan fingerprint density at radius 3 is 2.43 bits per heavy atom. The highest BCUT2D eigenvalue weighted by atomic mass is 32.1. The first-order valence-corrected chi connectivity index (χ1v) is 10.7. The number of amides is 1. The first kappa shape index (κ1) is 19.0. The van der Waals surface area contributed by atoms with Crippen LogP contribution in [-0.4, -0.2) is 29.0 Å². The van der Waals surface area contributed by atoms with E-state index in [0.29, 0.717) is 21.4 Å². The van der Waals surface area contributed by atoms with E-state index in [1.807, 2.05) is 27.7 Å². The van der Waals surface area contributed by atoms with E-state index >= 15 is 0 Å². The number of thiophene rings is 2. The van der Waals surface area contributed by atoms with Crippen LogP contribution in [0.5, 0.6) is 0 Å². The lowest BCUT2D eigenvalue weighted by atomic mass is 10.1. The summed E-state index contributed by atoms with van der Waals surface area (Å²) in [5.41, 5.74) is 3.04. The molecule has 0 unspecified atom stereocenters. The quantitative estimate of drug-likeness (QED) is 0.613. The number of hydrogen-bond acceptors (Lipinski definition) is 7. The smallest absolute Gasteiger partial charge is 0.341 e. The van der Waals surface area contributed by atoms with E-state index in [9.17, 15) is 9.59 Å². The van der Waals surface area contributed by atoms with E-state index in [1.54, 1.807) is 0 Å². The monoisotopic (exact) mass is 415 g/mol. The van der Waals surface area contributed by atoms with Gasteiger partial charge in [0.15, 0.2) is 0 Å². The molecule has 1 N–H and O–H groups in total. The highest BCUT2D eigenvalue weighted by Crippen LogP contribution is 2.41. The average Bonchev–Trinajstić information content (AvgIpc) is 3.39. The Morgan fingerprint density at radius 1 is 1.07 bits per heavy atom. The van der Waals surface area contributed by atoms with Gasteiger partial charge in [-0.15, -0.1) is 22.7 Å². The lowest BCUT2D eigenvalue weighted by molar-refractivity contribution is 0.0601. The fourth-order valence-electron chi connectivity index (χ4n) is 3.32. The summed E-state index contributed by atoms with van der Waals surface area (Å²) in [4.78, 5) is 37.0. The van der Waals surface area contributed by atoms with Crippen molar-refractivity contribution >= 4 is 49.8 Å². The van der Waals surface area contributed by atoms with Crippen LogP contribution in [0.4, 0.5) is 5.00 Å². The number of nitrogens with zero attached hydrogens (tertiary/aromatic N) is 2. The van der Waals surface area contributed by atoms with E-state index < -0.39 is 5.97 Å². The average molecular weight is 416 g/mol. The number of carbonyl (C=O) groups excluding carboxylic acids is 2. The SMILES string of the molecule is COC(=O)c1c(NC(=O)c2sc3nc(C4CC4)nc(C)c3c2C)sc(C)c1C. The number of aryl methyl sites for hydroxylation is 3. The minimum atomic E-state index is -0.444. The maximum absolute atomic E-state index is 13.0. The Kier molecular flexibility index (Phi) is 4.71. The summed E-state index contributed by atoms with van der Waals surface area (Å²) in [6, 6.07) is 0. The van der Waals surface area contributed by atoms with Crippen LogP contribution < -0.4 is 5.32 Å². The van der Waals surface area contributed by atoms with Crippen LogP contribution >= 0.6 is 22.7 Å². The zero-order valence-corrected chi connectivity index (χ0v) is 18.1. The Balaban J connectivity index is 1.72. The van der Waals surface area contributed by atoms with Gasteiger partial charge in [0.25, 0.3) is 5.91 Å². The number of fused-ring (bicyclic) bond motifs is 1. The first-order valence-electron chi connectivity index (χ1n) is 9.09. The van der Waals surface area contributed by atoms with Crippen LogP contribution in [0.3, 0.4) is 0 Å². The minimum absolute atomic E-state index is 0.237. The molecule has 3 aromatic heterocycles. The summed E-state index contributed by atoms with van der Waals surface area (Å²) in [7, 11) is 1.34. The van der Waals surface area contributed by atoms with Gasteiger partial charge in [-0.2, -0.15) is 0 Å². The number of ether oxygens (including phenoxy) is 1. The summed E-state index contributed by atoms with van der Waals surface area (Å²) in [6.45, 7) is 7.67. The summed E-state index contributed by atoms with van der Waals surface area (Å²) in [5.74, 6) is 0.665. The number of esters is 1. The number of methoxy groups -OCH3 is 1. The van der Waals surface area contributed by atoms with Gasteiger partial charge in [0.05, 0.1) is 23.2 Å². The molecule has 0 atom stereocenters. The zero-order valence-electron chi connectivity index (χ0n) is 16.4. The summed E-state index contributed by atoms with van der Waals surface area (Å²) in [6.07, 6.45) is 2.27. The molecule has 0 spiro atoms. The fourth-order valence-corrected chi connectivity index (χ4v) is 5.50. The van der Waals surface area contributed by atoms with Crippen molar-refractivity contribution in [3.8, 4) is 0 Å². The fraction of sp³-hybridized carbons (Fsp3) is 0.400. The molecular weight excluding hydrogens is 394 g/mol. The van der Waals surface area contributed by atoms with Gasteiger partial charge in [-0.05, 0) is 51.7 Å². The lowest BCUT2D eigenvalue weighted by Crippen LogP contribution is -2.14. The topological polar surface area (TPSA) is 81.2 Å². The molecule has 1 fully saturated rings. The van der Waals surface area contributed by atoms with E-state index in [0.717, 1.165) is 50.6 Å². The van der Waals surface area contributed by atoms with Crippen molar-refractivity contribution in [1.82, 2.24) is 9.97 Å². The standard InChI is InChI=1S/C20H21N3O3S2/c1-8-11(4)27-19(14(8)20(25)26-5)23-17(24)15-9(2)13-10(3)21-16(12-6-7-12)22-18(13)28-15/h12H,6-7H2,1-5H3,(H,23,24). The third kappa shape index (κ3) is 3.10. The molecule has 6 nitrogen and oxygen atoms in total. The van der Waals surface area contributed by atoms with Crippen molar-refractivity contribution in [1.29, 1.82) is 0 Å². The Labute approximate surface area is 171 Å². The van der Waals surface area contributed by atoms with Crippen molar-refractivity contribution in [3.63, 3.8) is 0 Å². The van der Waals surface area contributed by atoms with Crippen LogP contribution in [0.15, 0.2) is 0 Å². The van der Waals surface area contributed by atoms with Gasteiger partial charge < -0.3 is 10.1 Å². The summed E-state index contributed by atoms with van der Waals surface area (Å²) in [5, 5.41) is 4.38. The molecule has 1 saturated carbocycles. The molecule has 1 amide bonds. The maximum Gasteiger partial charge on any atom is 0.341 e. The lowest BCUT2D eigenvalue weighted by Gasteiger charge is -2.06. The number of rotatable bonds is 4. The van der Waals surface area contributed by atoms with Crippen LogP contribution in [-0.2, 0) is 4.74 Å². The summed E-state index contributed by atoms with van der Waals surface area (Å²) < 4.78 is 4.89. The molecule has 1 aliphatic rings. The molecule has 0 radical (unpaired) electrons. The molecule has 0 bridgehead atoms. The van der Waals surface area contributed by atoms with Crippen LogP contribution in [0.25, 0.3) is 10.2 Å². The van der Waals surface area contributed by atoms with Crippen LogP contribution in [0.2, 0.25) is 0 Å². The van der Waals surface area contributed by atoms with Gasteiger partial charge in [-0.25, -0.2) is 14.8 Å². The molecule has 4 rings (SSSR count). The largest absolute Gasteiger partial charge is 0.465 e. The van der Waals surface area contributed by atoms with Gasteiger partial charge in [0.1, 0.15) is 15.7 Å². The highest BCUT2D eigenvalue weighted by Gasteiger charge is 2.29. The minimum Gasteiger partial charge on any atom is -0.465 e. The van der Waals surface area contributed by atoms with Crippen molar-refractivity contribution in [2.75, 3.05) is 12.4 Å². The third-order valence-electron chi connectivity index (χ3n) is 5.14. The Morgan fingerprint density at radius 2 is 1.79 bits per heavy atom. The zero-order chi connectivity index (χ0) is 20.2. The van der Waals surface area contributed by atoms with Gasteiger partial charge in [0.2, 0.25) is 0 Å². The second kappa shape index (κ2) is 6.93. The first-order chi connectivity index (χ1) is 13.3. The van der Waals surface area contributed by atoms with E-state index in [1.165, 1.54) is 29.8 Å². The molecular formula is C20H21N3O3S2. The highest BCUT2D eigenvalue weighted by molar-refractivity contribution is 7.21. The number of carbonyl (C=O) groups is 2. The predicted molar refractivity (Wildman–Crippen MR) is 112 cm³/mol. The van der Waals surface area contributed by atoms with Crippen molar-refractivity contribution in [3.05, 3.63) is 38.0 Å². The molecule has 3 heterocycles. The van der Waals surface area contributed by atoms with Crippen LogP contribution in [0, 0.1) is 27.7 Å². The normalized spacial score (nSPS) is 13.8. The van der Waals surface area contributed by atoms with Gasteiger partial charge in [-0.3, -0.25) is 4.79 Å². The second-order valence-electron chi connectivity index (χ2n) is 7.11. The van der Waals surface area contributed by atoms with Crippen molar-refractivity contribution in [2.24, 2.45) is 0 Å². The Hall–Kier alpha value is -2.32. The van der Waals surface area contributed by atoms with Gasteiger partial charge >= 0.3 is 5.97 Å². The number of aromatic nitrogens is 2. The Bertz CT molecular complexity index is 1130. The molecule has 0 aliphatic heterocycles. The van der Waals surface area contributed by atoms with Crippen molar-refractivity contribution in [2.45, 2.75) is 46.5 Å². The summed E-state index contributed by atoms with van der Waals surface area (Å²) >= 11 is 2.76. The van der Waals surface area contributed by atoms with E-state index in [4.69, 9.17) is 9.72 Å².